The molecule has 0 heterocycles. The molecule has 0 spiro atoms. The second-order valence-electron chi connectivity index (χ2n) is 18.5. The molecule has 1 unspecified atom stereocenters. The molecule has 0 aliphatic heterocycles. The van der Waals surface area contributed by atoms with Gasteiger partial charge in [0.2, 0.25) is 0 Å². The lowest BCUT2D eigenvalue weighted by Crippen LogP contribution is -2.30. The molecule has 0 N–H and O–H groups in total. The van der Waals surface area contributed by atoms with E-state index in [1.807, 2.05) is 0 Å². The summed E-state index contributed by atoms with van der Waals surface area (Å²) in [6.45, 7) is 6.60. The summed E-state index contributed by atoms with van der Waals surface area (Å²) in [7, 11) is 0. The zero-order valence-electron chi connectivity index (χ0n) is 41.7. The lowest BCUT2D eigenvalue weighted by molar-refractivity contribution is -0.167. The second-order valence-corrected chi connectivity index (χ2v) is 18.5. The van der Waals surface area contributed by atoms with Gasteiger partial charge in [0, 0.05) is 19.3 Å². The summed E-state index contributed by atoms with van der Waals surface area (Å²) in [5, 5.41) is 0. The van der Waals surface area contributed by atoms with Crippen molar-refractivity contribution in [3.05, 3.63) is 24.3 Å². The first-order valence-corrected chi connectivity index (χ1v) is 27.3. The van der Waals surface area contributed by atoms with E-state index in [2.05, 4.69) is 45.1 Å². The molecular weight excluding hydrogens is 769 g/mol. The number of carbonyl (C=O) groups excluding carboxylic acids is 3. The predicted molar refractivity (Wildman–Crippen MR) is 266 cm³/mol. The number of hydrogen-bond donors (Lipinski definition) is 0. The van der Waals surface area contributed by atoms with Gasteiger partial charge < -0.3 is 14.2 Å². The van der Waals surface area contributed by atoms with Crippen LogP contribution >= 0.6 is 0 Å². The molecule has 0 aliphatic carbocycles. The Morgan fingerprint density at radius 3 is 0.952 bits per heavy atom. The molecule has 0 aromatic heterocycles. The Morgan fingerprint density at radius 2 is 0.613 bits per heavy atom. The maximum Gasteiger partial charge on any atom is 0.306 e. The minimum atomic E-state index is -0.771. The summed E-state index contributed by atoms with van der Waals surface area (Å²) in [6, 6.07) is 0. The highest BCUT2D eigenvalue weighted by Crippen LogP contribution is 2.17. The Morgan fingerprint density at radius 1 is 0.323 bits per heavy atom. The van der Waals surface area contributed by atoms with Crippen molar-refractivity contribution in [3.8, 4) is 0 Å². The van der Waals surface area contributed by atoms with Crippen LogP contribution in [0.25, 0.3) is 0 Å². The SMILES string of the molecule is CCC/C=C\C/C=C\CCCCCCCC(=O)OCC(COC(=O)CCCCCCCCCCCCCCCCCCC)OC(=O)CCCCCCCCCCCCCCCC. The van der Waals surface area contributed by atoms with E-state index < -0.39 is 6.10 Å². The molecule has 6 heteroatoms. The van der Waals surface area contributed by atoms with Crippen LogP contribution in [0, 0.1) is 0 Å². The highest BCUT2D eigenvalue weighted by atomic mass is 16.6. The van der Waals surface area contributed by atoms with Gasteiger partial charge in [0.15, 0.2) is 6.10 Å². The van der Waals surface area contributed by atoms with Gasteiger partial charge in [-0.15, -0.1) is 0 Å². The number of rotatable bonds is 50. The fraction of sp³-hybridized carbons (Fsp3) is 0.875. The maximum atomic E-state index is 12.8. The minimum absolute atomic E-state index is 0.0704. The topological polar surface area (TPSA) is 78.9 Å². The van der Waals surface area contributed by atoms with Crippen molar-refractivity contribution >= 4 is 17.9 Å². The number of esters is 3. The van der Waals surface area contributed by atoms with Crippen molar-refractivity contribution in [2.45, 2.75) is 303 Å². The fourth-order valence-corrected chi connectivity index (χ4v) is 8.07. The van der Waals surface area contributed by atoms with Gasteiger partial charge in [0.25, 0.3) is 0 Å². The fourth-order valence-electron chi connectivity index (χ4n) is 8.07. The number of unbranched alkanes of at least 4 members (excludes halogenated alkanes) is 35. The van der Waals surface area contributed by atoms with E-state index in [0.717, 1.165) is 83.5 Å². The van der Waals surface area contributed by atoms with Crippen LogP contribution in [-0.2, 0) is 28.6 Å². The average molecular weight is 873 g/mol. The van der Waals surface area contributed by atoms with Crippen molar-refractivity contribution in [1.82, 2.24) is 0 Å². The number of allylic oxidation sites excluding steroid dienone is 4. The van der Waals surface area contributed by atoms with E-state index in [0.29, 0.717) is 19.3 Å². The van der Waals surface area contributed by atoms with E-state index in [1.54, 1.807) is 0 Å². The Kier molecular flexibility index (Phi) is 49.8. The van der Waals surface area contributed by atoms with Crippen LogP contribution < -0.4 is 0 Å². The molecule has 0 radical (unpaired) electrons. The summed E-state index contributed by atoms with van der Waals surface area (Å²) < 4.78 is 16.8. The molecule has 62 heavy (non-hydrogen) atoms. The predicted octanol–water partition coefficient (Wildman–Crippen LogP) is 17.9. The van der Waals surface area contributed by atoms with Gasteiger partial charge in [-0.2, -0.15) is 0 Å². The van der Waals surface area contributed by atoms with E-state index in [1.165, 1.54) is 173 Å². The van der Waals surface area contributed by atoms with E-state index in [4.69, 9.17) is 14.2 Å². The van der Waals surface area contributed by atoms with E-state index in [-0.39, 0.29) is 31.1 Å². The average Bonchev–Trinajstić information content (AvgIpc) is 3.27. The van der Waals surface area contributed by atoms with Gasteiger partial charge in [0.05, 0.1) is 0 Å². The molecule has 0 saturated carbocycles. The molecule has 0 fully saturated rings. The van der Waals surface area contributed by atoms with Crippen molar-refractivity contribution in [2.75, 3.05) is 13.2 Å². The van der Waals surface area contributed by atoms with Crippen molar-refractivity contribution < 1.29 is 28.6 Å². The lowest BCUT2D eigenvalue weighted by atomic mass is 10.0. The molecule has 364 valence electrons. The van der Waals surface area contributed by atoms with Crippen molar-refractivity contribution in [3.63, 3.8) is 0 Å². The van der Waals surface area contributed by atoms with Gasteiger partial charge in [-0.3, -0.25) is 14.4 Å². The van der Waals surface area contributed by atoms with Gasteiger partial charge in [-0.05, 0) is 44.9 Å². The lowest BCUT2D eigenvalue weighted by Gasteiger charge is -2.18. The van der Waals surface area contributed by atoms with Crippen LogP contribution in [0.15, 0.2) is 24.3 Å². The summed E-state index contributed by atoms with van der Waals surface area (Å²) in [6.07, 6.45) is 58.7. The van der Waals surface area contributed by atoms with Crippen LogP contribution in [0.2, 0.25) is 0 Å². The van der Waals surface area contributed by atoms with Gasteiger partial charge in [-0.1, -0.05) is 257 Å². The first-order valence-electron chi connectivity index (χ1n) is 27.3. The third-order valence-corrected chi connectivity index (χ3v) is 12.2. The smallest absolute Gasteiger partial charge is 0.306 e. The van der Waals surface area contributed by atoms with Crippen LogP contribution in [0.1, 0.15) is 297 Å². The molecule has 1 atom stereocenters. The van der Waals surface area contributed by atoms with Crippen LogP contribution in [-0.4, -0.2) is 37.2 Å². The Balaban J connectivity index is 4.32. The van der Waals surface area contributed by atoms with E-state index >= 15 is 0 Å². The Labute approximate surface area is 385 Å². The third kappa shape index (κ3) is 48.9. The first kappa shape index (κ1) is 59.9. The van der Waals surface area contributed by atoms with Crippen LogP contribution in [0.3, 0.4) is 0 Å². The zero-order chi connectivity index (χ0) is 45.1. The van der Waals surface area contributed by atoms with Crippen LogP contribution in [0.4, 0.5) is 0 Å². The Bertz CT molecular complexity index is 1000. The van der Waals surface area contributed by atoms with Gasteiger partial charge in [-0.25, -0.2) is 0 Å². The number of ether oxygens (including phenoxy) is 3. The quantitative estimate of drug-likeness (QED) is 0.0262. The van der Waals surface area contributed by atoms with Gasteiger partial charge in [0.1, 0.15) is 13.2 Å². The molecule has 6 nitrogen and oxygen atoms in total. The third-order valence-electron chi connectivity index (χ3n) is 12.2. The highest BCUT2D eigenvalue weighted by molar-refractivity contribution is 5.71. The van der Waals surface area contributed by atoms with Gasteiger partial charge >= 0.3 is 17.9 Å². The standard InChI is InChI=1S/C56H104O6/c1-4-7-10-13-16-19-22-25-27-28-29-32-34-37-40-43-46-49-55(58)61-52-53(51-60-54(57)48-45-42-39-36-33-30-24-21-18-15-12-9-6-3)62-56(59)50-47-44-41-38-35-31-26-23-20-17-14-11-8-5-2/h12,15,21,24,53H,4-11,13-14,16-20,22-23,25-52H2,1-3H3/b15-12-,24-21-. The molecule has 0 rings (SSSR count). The molecular formula is C56H104O6. The second kappa shape index (κ2) is 51.5. The largest absolute Gasteiger partial charge is 0.462 e. The maximum absolute atomic E-state index is 12.8. The monoisotopic (exact) mass is 873 g/mol. The summed E-state index contributed by atoms with van der Waals surface area (Å²) >= 11 is 0. The molecule has 0 aliphatic rings. The zero-order valence-corrected chi connectivity index (χ0v) is 41.7. The summed E-state index contributed by atoms with van der Waals surface area (Å²) in [4.78, 5) is 38.0. The normalized spacial score (nSPS) is 12.1. The minimum Gasteiger partial charge on any atom is -0.462 e. The molecule has 0 saturated heterocycles. The van der Waals surface area contributed by atoms with Crippen molar-refractivity contribution in [1.29, 1.82) is 0 Å². The summed E-state index contributed by atoms with van der Waals surface area (Å²) in [5.74, 6) is -0.867. The van der Waals surface area contributed by atoms with Crippen LogP contribution in [0.5, 0.6) is 0 Å². The number of carbonyl (C=O) groups is 3. The Hall–Kier alpha value is -2.11. The number of hydrogen-bond acceptors (Lipinski definition) is 6. The molecule has 0 aromatic rings. The first-order chi connectivity index (χ1) is 30.5. The molecule has 0 aromatic carbocycles. The van der Waals surface area contributed by atoms with E-state index in [9.17, 15) is 14.4 Å². The molecule has 0 amide bonds. The van der Waals surface area contributed by atoms with Crippen molar-refractivity contribution in [2.24, 2.45) is 0 Å². The highest BCUT2D eigenvalue weighted by Gasteiger charge is 2.19. The summed E-state index contributed by atoms with van der Waals surface area (Å²) in [5.41, 5.74) is 0. The molecule has 0 bridgehead atoms.